The molecule has 0 spiro atoms. The fourth-order valence-electron chi connectivity index (χ4n) is 2.90. The third-order valence-electron chi connectivity index (χ3n) is 4.21. The Balaban J connectivity index is 1.80. The Labute approximate surface area is 138 Å². The Morgan fingerprint density at radius 2 is 2.13 bits per heavy atom. The van der Waals surface area contributed by atoms with Crippen LogP contribution in [0.15, 0.2) is 29.6 Å². The average molecular weight is 327 g/mol. The minimum Gasteiger partial charge on any atom is -0.496 e. The highest BCUT2D eigenvalue weighted by molar-refractivity contribution is 7.14. The zero-order valence-electron chi connectivity index (χ0n) is 12.8. The van der Waals surface area contributed by atoms with Gasteiger partial charge in [-0.2, -0.15) is 5.26 Å². The molecule has 1 aliphatic carbocycles. The van der Waals surface area contributed by atoms with E-state index < -0.39 is 5.41 Å². The van der Waals surface area contributed by atoms with Crippen LogP contribution in [0.3, 0.4) is 0 Å². The quantitative estimate of drug-likeness (QED) is 0.925. The highest BCUT2D eigenvalue weighted by atomic mass is 32.1. The number of nitrogens with zero attached hydrogens (tertiary/aromatic N) is 2. The van der Waals surface area contributed by atoms with Crippen LogP contribution in [0.5, 0.6) is 5.75 Å². The standard InChI is InChI=1S/C17H17N3O2S/c1-22-14-7-3-2-6-12(14)13-10-23-16(19-13)20-15(21)17(11-18)8-4-5-9-17/h2-3,6-7,10H,4-5,8-9H2,1H3,(H,19,20,21). The third kappa shape index (κ3) is 2.92. The monoisotopic (exact) mass is 327 g/mol. The number of anilines is 1. The second kappa shape index (κ2) is 6.39. The maximum atomic E-state index is 12.4. The van der Waals surface area contributed by atoms with Crippen LogP contribution in [0, 0.1) is 16.7 Å². The second-order valence-corrected chi connectivity index (χ2v) is 6.45. The lowest BCUT2D eigenvalue weighted by Gasteiger charge is -2.17. The normalized spacial score (nSPS) is 15.8. The number of benzene rings is 1. The van der Waals surface area contributed by atoms with E-state index in [4.69, 9.17) is 4.74 Å². The lowest BCUT2D eigenvalue weighted by Crippen LogP contribution is -2.32. The molecular formula is C17H17N3O2S. The first kappa shape index (κ1) is 15.5. The van der Waals surface area contributed by atoms with Gasteiger partial charge in [0.25, 0.3) is 0 Å². The Hall–Kier alpha value is -2.39. The molecule has 1 aromatic heterocycles. The molecule has 0 aliphatic heterocycles. The van der Waals surface area contributed by atoms with Crippen molar-refractivity contribution in [3.8, 4) is 23.1 Å². The van der Waals surface area contributed by atoms with Crippen LogP contribution in [0.25, 0.3) is 11.3 Å². The zero-order valence-corrected chi connectivity index (χ0v) is 13.7. The Morgan fingerprint density at radius 1 is 1.39 bits per heavy atom. The van der Waals surface area contributed by atoms with Gasteiger partial charge in [-0.25, -0.2) is 4.98 Å². The summed E-state index contributed by atoms with van der Waals surface area (Å²) < 4.78 is 5.34. The van der Waals surface area contributed by atoms with E-state index in [1.165, 1.54) is 11.3 Å². The van der Waals surface area contributed by atoms with Gasteiger partial charge in [0.1, 0.15) is 11.2 Å². The molecule has 118 valence electrons. The predicted octanol–water partition coefficient (Wildman–Crippen LogP) is 3.84. The summed E-state index contributed by atoms with van der Waals surface area (Å²) in [5.41, 5.74) is 0.735. The summed E-state index contributed by atoms with van der Waals surface area (Å²) in [7, 11) is 1.62. The predicted molar refractivity (Wildman–Crippen MR) is 89.2 cm³/mol. The number of carbonyl (C=O) groups excluding carboxylic acids is 1. The lowest BCUT2D eigenvalue weighted by molar-refractivity contribution is -0.122. The van der Waals surface area contributed by atoms with Crippen molar-refractivity contribution in [1.82, 2.24) is 4.98 Å². The SMILES string of the molecule is COc1ccccc1-c1csc(NC(=O)C2(C#N)CCCC2)n1. The van der Waals surface area contributed by atoms with Crippen molar-refractivity contribution in [2.24, 2.45) is 5.41 Å². The van der Waals surface area contributed by atoms with Gasteiger partial charge in [-0.05, 0) is 25.0 Å². The van der Waals surface area contributed by atoms with E-state index in [0.29, 0.717) is 18.0 Å². The largest absolute Gasteiger partial charge is 0.496 e. The van der Waals surface area contributed by atoms with Gasteiger partial charge in [0.05, 0.1) is 18.9 Å². The number of nitrogens with one attached hydrogen (secondary N) is 1. The van der Waals surface area contributed by atoms with Crippen LogP contribution in [0.2, 0.25) is 0 Å². The number of methoxy groups -OCH3 is 1. The molecule has 23 heavy (non-hydrogen) atoms. The van der Waals surface area contributed by atoms with Crippen molar-refractivity contribution in [3.63, 3.8) is 0 Å². The van der Waals surface area contributed by atoms with Gasteiger partial charge in [-0.3, -0.25) is 4.79 Å². The number of hydrogen-bond acceptors (Lipinski definition) is 5. The minimum atomic E-state index is -0.893. The first-order valence-electron chi connectivity index (χ1n) is 7.50. The summed E-state index contributed by atoms with van der Waals surface area (Å²) in [5.74, 6) is 0.499. The summed E-state index contributed by atoms with van der Waals surface area (Å²) in [4.78, 5) is 16.9. The minimum absolute atomic E-state index is 0.238. The van der Waals surface area contributed by atoms with E-state index >= 15 is 0 Å². The molecule has 1 N–H and O–H groups in total. The van der Waals surface area contributed by atoms with Crippen molar-refractivity contribution in [1.29, 1.82) is 5.26 Å². The fraction of sp³-hybridized carbons (Fsp3) is 0.353. The smallest absolute Gasteiger partial charge is 0.246 e. The maximum Gasteiger partial charge on any atom is 0.246 e. The molecule has 5 nitrogen and oxygen atoms in total. The van der Waals surface area contributed by atoms with Crippen molar-refractivity contribution in [2.75, 3.05) is 12.4 Å². The van der Waals surface area contributed by atoms with E-state index in [0.717, 1.165) is 29.8 Å². The molecule has 0 atom stereocenters. The van der Waals surface area contributed by atoms with Crippen LogP contribution in [-0.4, -0.2) is 18.0 Å². The van der Waals surface area contributed by atoms with Crippen LogP contribution >= 0.6 is 11.3 Å². The number of amides is 1. The topological polar surface area (TPSA) is 75.0 Å². The van der Waals surface area contributed by atoms with E-state index in [2.05, 4.69) is 16.4 Å². The molecule has 6 heteroatoms. The fourth-order valence-corrected chi connectivity index (χ4v) is 3.60. The average Bonchev–Trinajstić information content (AvgIpc) is 3.24. The highest BCUT2D eigenvalue weighted by Gasteiger charge is 2.41. The molecule has 0 bridgehead atoms. The van der Waals surface area contributed by atoms with Gasteiger partial charge in [-0.15, -0.1) is 11.3 Å². The van der Waals surface area contributed by atoms with E-state index in [9.17, 15) is 10.1 Å². The van der Waals surface area contributed by atoms with Gasteiger partial charge in [0, 0.05) is 10.9 Å². The Bertz CT molecular complexity index is 757. The molecule has 1 aliphatic rings. The highest BCUT2D eigenvalue weighted by Crippen LogP contribution is 2.39. The van der Waals surface area contributed by atoms with E-state index in [-0.39, 0.29) is 5.91 Å². The molecule has 0 radical (unpaired) electrons. The van der Waals surface area contributed by atoms with Crippen molar-refractivity contribution in [2.45, 2.75) is 25.7 Å². The van der Waals surface area contributed by atoms with Crippen LogP contribution < -0.4 is 10.1 Å². The van der Waals surface area contributed by atoms with Crippen LogP contribution in [-0.2, 0) is 4.79 Å². The van der Waals surface area contributed by atoms with Gasteiger partial charge in [0.2, 0.25) is 5.91 Å². The Morgan fingerprint density at radius 3 is 2.83 bits per heavy atom. The van der Waals surface area contributed by atoms with Crippen molar-refractivity contribution >= 4 is 22.4 Å². The summed E-state index contributed by atoms with van der Waals surface area (Å²) in [6.45, 7) is 0. The molecule has 1 saturated carbocycles. The number of nitriles is 1. The second-order valence-electron chi connectivity index (χ2n) is 5.59. The molecule has 0 unspecified atom stereocenters. The number of ether oxygens (including phenoxy) is 1. The van der Waals surface area contributed by atoms with Gasteiger partial charge >= 0.3 is 0 Å². The molecule has 1 heterocycles. The molecule has 3 rings (SSSR count). The van der Waals surface area contributed by atoms with Gasteiger partial charge in [0.15, 0.2) is 5.13 Å². The van der Waals surface area contributed by atoms with E-state index in [1.54, 1.807) is 7.11 Å². The summed E-state index contributed by atoms with van der Waals surface area (Å²) in [5, 5.41) is 14.6. The summed E-state index contributed by atoms with van der Waals surface area (Å²) in [6.07, 6.45) is 3.09. The van der Waals surface area contributed by atoms with Gasteiger partial charge in [-0.1, -0.05) is 25.0 Å². The first-order valence-corrected chi connectivity index (χ1v) is 8.38. The lowest BCUT2D eigenvalue weighted by atomic mass is 9.87. The molecule has 1 aromatic carbocycles. The number of hydrogen-bond donors (Lipinski definition) is 1. The third-order valence-corrected chi connectivity index (χ3v) is 4.97. The summed E-state index contributed by atoms with van der Waals surface area (Å²) >= 11 is 1.35. The number of rotatable bonds is 4. The number of aromatic nitrogens is 1. The van der Waals surface area contributed by atoms with E-state index in [1.807, 2.05) is 29.6 Å². The molecular weight excluding hydrogens is 310 g/mol. The summed E-state index contributed by atoms with van der Waals surface area (Å²) in [6, 6.07) is 9.81. The maximum absolute atomic E-state index is 12.4. The number of carbonyl (C=O) groups is 1. The van der Waals surface area contributed by atoms with Crippen molar-refractivity contribution < 1.29 is 9.53 Å². The van der Waals surface area contributed by atoms with Crippen LogP contribution in [0.1, 0.15) is 25.7 Å². The first-order chi connectivity index (χ1) is 11.2. The Kier molecular flexibility index (Phi) is 4.30. The molecule has 0 saturated heterocycles. The van der Waals surface area contributed by atoms with Crippen LogP contribution in [0.4, 0.5) is 5.13 Å². The molecule has 2 aromatic rings. The van der Waals surface area contributed by atoms with Gasteiger partial charge < -0.3 is 10.1 Å². The number of para-hydroxylation sites is 1. The molecule has 1 amide bonds. The molecule has 1 fully saturated rings. The van der Waals surface area contributed by atoms with Crippen molar-refractivity contribution in [3.05, 3.63) is 29.6 Å². The zero-order chi connectivity index (χ0) is 16.3. The number of thiazole rings is 1.